The number of rotatable bonds is 4. The van der Waals surface area contributed by atoms with Crippen LogP contribution in [-0.4, -0.2) is 22.9 Å². The lowest BCUT2D eigenvalue weighted by atomic mass is 10.0. The van der Waals surface area contributed by atoms with Crippen LogP contribution in [0.1, 0.15) is 17.7 Å². The highest BCUT2D eigenvalue weighted by Crippen LogP contribution is 2.15. The Balaban J connectivity index is 1.71. The van der Waals surface area contributed by atoms with Crippen molar-refractivity contribution in [1.29, 1.82) is 0 Å². The zero-order chi connectivity index (χ0) is 12.2. The molecule has 94 valence electrons. The van der Waals surface area contributed by atoms with Crippen LogP contribution in [0.3, 0.4) is 0 Å². The van der Waals surface area contributed by atoms with Crippen molar-refractivity contribution in [1.82, 2.24) is 15.1 Å². The first-order chi connectivity index (χ1) is 8.92. The minimum absolute atomic E-state index is 0.774. The van der Waals surface area contributed by atoms with E-state index in [1.54, 1.807) is 0 Å². The molecule has 1 aromatic heterocycles. The van der Waals surface area contributed by atoms with Crippen LogP contribution in [0, 0.1) is 5.92 Å². The van der Waals surface area contributed by atoms with Gasteiger partial charge in [0.15, 0.2) is 0 Å². The molecule has 3 nitrogen and oxygen atoms in total. The van der Waals surface area contributed by atoms with E-state index >= 15 is 0 Å². The summed E-state index contributed by atoms with van der Waals surface area (Å²) in [5.41, 5.74) is 2.67. The molecular weight excluding hydrogens is 222 g/mol. The highest BCUT2D eigenvalue weighted by molar-refractivity contribution is 5.16. The van der Waals surface area contributed by atoms with Crippen LogP contribution >= 0.6 is 0 Å². The summed E-state index contributed by atoms with van der Waals surface area (Å²) in [6.07, 6.45) is 4.34. The van der Waals surface area contributed by atoms with E-state index in [4.69, 9.17) is 0 Å². The highest BCUT2D eigenvalue weighted by Gasteiger charge is 2.16. The van der Waals surface area contributed by atoms with Gasteiger partial charge in [-0.25, -0.2) is 0 Å². The number of nitrogens with zero attached hydrogens (tertiary/aromatic N) is 2. The molecule has 1 aromatic carbocycles. The van der Waals surface area contributed by atoms with E-state index in [0.717, 1.165) is 32.0 Å². The van der Waals surface area contributed by atoms with Crippen LogP contribution in [0.5, 0.6) is 0 Å². The third kappa shape index (κ3) is 2.62. The van der Waals surface area contributed by atoms with Crippen LogP contribution in [0.15, 0.2) is 42.6 Å². The number of aromatic nitrogens is 2. The maximum absolute atomic E-state index is 4.45. The number of nitrogens with one attached hydrogen (secondary N) is 1. The van der Waals surface area contributed by atoms with Gasteiger partial charge in [-0.05, 0) is 43.5 Å². The Bertz CT molecular complexity index is 483. The van der Waals surface area contributed by atoms with Crippen molar-refractivity contribution >= 4 is 0 Å². The molecule has 0 spiro atoms. The minimum Gasteiger partial charge on any atom is -0.316 e. The molecule has 2 heterocycles. The molecule has 3 heteroatoms. The first-order valence-electron chi connectivity index (χ1n) is 6.67. The second-order valence-corrected chi connectivity index (χ2v) is 5.03. The Labute approximate surface area is 108 Å². The zero-order valence-electron chi connectivity index (χ0n) is 10.5. The Hall–Kier alpha value is -1.61. The van der Waals surface area contributed by atoms with Crippen molar-refractivity contribution in [2.45, 2.75) is 19.4 Å². The van der Waals surface area contributed by atoms with Gasteiger partial charge in [0.1, 0.15) is 0 Å². The maximum atomic E-state index is 4.45. The van der Waals surface area contributed by atoms with Gasteiger partial charge in [-0.2, -0.15) is 5.10 Å². The van der Waals surface area contributed by atoms with Gasteiger partial charge in [-0.15, -0.1) is 0 Å². The average molecular weight is 241 g/mol. The van der Waals surface area contributed by atoms with Gasteiger partial charge in [0, 0.05) is 11.9 Å². The van der Waals surface area contributed by atoms with Gasteiger partial charge in [-0.1, -0.05) is 30.3 Å². The van der Waals surface area contributed by atoms with Crippen molar-refractivity contribution < 1.29 is 0 Å². The predicted octanol–water partition coefficient (Wildman–Crippen LogP) is 2.08. The summed E-state index contributed by atoms with van der Waals surface area (Å²) in [5.74, 6) is 0.774. The number of hydrogen-bond acceptors (Lipinski definition) is 2. The van der Waals surface area contributed by atoms with Crippen LogP contribution in [0.4, 0.5) is 0 Å². The molecule has 2 aromatic rings. The molecule has 1 fully saturated rings. The summed E-state index contributed by atoms with van der Waals surface area (Å²) < 4.78 is 2.13. The smallest absolute Gasteiger partial charge is 0.0662 e. The van der Waals surface area contributed by atoms with Crippen molar-refractivity contribution in [2.75, 3.05) is 13.1 Å². The molecular formula is C15H19N3. The van der Waals surface area contributed by atoms with Crippen LogP contribution in [-0.2, 0) is 13.0 Å². The lowest BCUT2D eigenvalue weighted by molar-refractivity contribution is 0.536. The van der Waals surface area contributed by atoms with Crippen LogP contribution in [0.2, 0.25) is 0 Å². The lowest BCUT2D eigenvalue weighted by Gasteiger charge is -2.11. The van der Waals surface area contributed by atoms with E-state index in [0.29, 0.717) is 0 Å². The monoisotopic (exact) mass is 241 g/mol. The topological polar surface area (TPSA) is 29.9 Å². The molecule has 1 unspecified atom stereocenters. The van der Waals surface area contributed by atoms with Crippen molar-refractivity contribution in [3.8, 4) is 0 Å². The average Bonchev–Trinajstić information content (AvgIpc) is 3.04. The molecule has 0 radical (unpaired) electrons. The van der Waals surface area contributed by atoms with Gasteiger partial charge >= 0.3 is 0 Å². The molecule has 1 atom stereocenters. The molecule has 0 bridgehead atoms. The minimum atomic E-state index is 0.774. The van der Waals surface area contributed by atoms with Gasteiger partial charge in [0.05, 0.1) is 6.54 Å². The van der Waals surface area contributed by atoms with E-state index < -0.39 is 0 Å². The molecule has 0 aliphatic carbocycles. The molecule has 3 rings (SSSR count). The third-order valence-corrected chi connectivity index (χ3v) is 3.64. The Kier molecular flexibility index (Phi) is 3.42. The van der Waals surface area contributed by atoms with Gasteiger partial charge < -0.3 is 5.32 Å². The van der Waals surface area contributed by atoms with Gasteiger partial charge in [0.2, 0.25) is 0 Å². The molecule has 0 saturated carbocycles. The van der Waals surface area contributed by atoms with E-state index in [1.807, 2.05) is 6.20 Å². The van der Waals surface area contributed by atoms with Crippen LogP contribution < -0.4 is 5.32 Å². The standard InChI is InChI=1S/C15H19N3/c1-2-4-13(5-3-1)12-18-15(7-9-17-18)10-14-6-8-16-11-14/h1-5,7,9,14,16H,6,8,10-12H2. The molecule has 1 aliphatic rings. The predicted molar refractivity (Wildman–Crippen MR) is 72.5 cm³/mol. The second kappa shape index (κ2) is 5.36. The summed E-state index contributed by atoms with van der Waals surface area (Å²) in [6.45, 7) is 3.19. The zero-order valence-corrected chi connectivity index (χ0v) is 10.5. The Morgan fingerprint density at radius 3 is 2.89 bits per heavy atom. The third-order valence-electron chi connectivity index (χ3n) is 3.64. The normalized spacial score (nSPS) is 19.2. The Morgan fingerprint density at radius 1 is 1.22 bits per heavy atom. The van der Waals surface area contributed by atoms with Gasteiger partial charge in [0.25, 0.3) is 0 Å². The lowest BCUT2D eigenvalue weighted by Crippen LogP contribution is -2.14. The molecule has 0 amide bonds. The fourth-order valence-electron chi connectivity index (χ4n) is 2.62. The summed E-state index contributed by atoms with van der Waals surface area (Å²) in [4.78, 5) is 0. The van der Waals surface area contributed by atoms with Crippen molar-refractivity contribution in [2.24, 2.45) is 5.92 Å². The highest BCUT2D eigenvalue weighted by atomic mass is 15.3. The van der Waals surface area contributed by atoms with E-state index in [1.165, 1.54) is 17.7 Å². The fourth-order valence-corrected chi connectivity index (χ4v) is 2.62. The van der Waals surface area contributed by atoms with E-state index in [2.05, 4.69) is 51.5 Å². The molecule has 1 N–H and O–H groups in total. The number of benzene rings is 1. The maximum Gasteiger partial charge on any atom is 0.0662 e. The number of hydrogen-bond donors (Lipinski definition) is 1. The fraction of sp³-hybridized carbons (Fsp3) is 0.400. The summed E-state index contributed by atoms with van der Waals surface area (Å²) in [6, 6.07) is 12.7. The molecule has 1 saturated heterocycles. The SMILES string of the molecule is c1ccc(Cn2nccc2CC2CCNC2)cc1. The largest absolute Gasteiger partial charge is 0.316 e. The summed E-state index contributed by atoms with van der Waals surface area (Å²) in [5, 5.41) is 7.87. The second-order valence-electron chi connectivity index (χ2n) is 5.03. The van der Waals surface area contributed by atoms with Crippen LogP contribution in [0.25, 0.3) is 0 Å². The van der Waals surface area contributed by atoms with E-state index in [9.17, 15) is 0 Å². The first kappa shape index (κ1) is 11.5. The first-order valence-corrected chi connectivity index (χ1v) is 6.67. The molecule has 1 aliphatic heterocycles. The van der Waals surface area contributed by atoms with Gasteiger partial charge in [-0.3, -0.25) is 4.68 Å². The van der Waals surface area contributed by atoms with Crippen molar-refractivity contribution in [3.63, 3.8) is 0 Å². The quantitative estimate of drug-likeness (QED) is 0.888. The Morgan fingerprint density at radius 2 is 2.11 bits per heavy atom. The molecule has 18 heavy (non-hydrogen) atoms. The van der Waals surface area contributed by atoms with Crippen molar-refractivity contribution in [3.05, 3.63) is 53.9 Å². The van der Waals surface area contributed by atoms with E-state index in [-0.39, 0.29) is 0 Å². The summed E-state index contributed by atoms with van der Waals surface area (Å²) in [7, 11) is 0. The summed E-state index contributed by atoms with van der Waals surface area (Å²) >= 11 is 0.